The smallest absolute Gasteiger partial charge is 0.317 e. The zero-order chi connectivity index (χ0) is 15.7. The predicted octanol–water partition coefficient (Wildman–Crippen LogP) is 2.07. The average Bonchev–Trinajstić information content (AvgIpc) is 2.33. The lowest BCUT2D eigenvalue weighted by molar-refractivity contribution is -0.138. The molecular weight excluding hydrogens is 258 g/mol. The zero-order valence-corrected chi connectivity index (χ0v) is 12.7. The zero-order valence-electron chi connectivity index (χ0n) is 12.7. The van der Waals surface area contributed by atoms with Crippen molar-refractivity contribution in [3.63, 3.8) is 0 Å². The number of hydrogen-bond acceptors (Lipinski definition) is 3. The summed E-state index contributed by atoms with van der Waals surface area (Å²) >= 11 is 0. The summed E-state index contributed by atoms with van der Waals surface area (Å²) in [5.41, 5.74) is 0. The van der Waals surface area contributed by atoms with Crippen LogP contribution in [0.15, 0.2) is 0 Å². The van der Waals surface area contributed by atoms with Crippen LogP contribution in [-0.4, -0.2) is 41.6 Å². The lowest BCUT2D eigenvalue weighted by Crippen LogP contribution is -2.44. The first-order valence-corrected chi connectivity index (χ1v) is 6.87. The molecule has 0 bridgehead atoms. The number of urea groups is 1. The van der Waals surface area contributed by atoms with Gasteiger partial charge in [-0.1, -0.05) is 13.8 Å². The number of carbonyl (C=O) groups is 2. The van der Waals surface area contributed by atoms with Crippen LogP contribution in [0.1, 0.15) is 40.0 Å². The van der Waals surface area contributed by atoms with Gasteiger partial charge in [0.1, 0.15) is 0 Å². The molecule has 0 rings (SSSR count). The van der Waals surface area contributed by atoms with Gasteiger partial charge in [0.15, 0.2) is 0 Å². The predicted molar refractivity (Wildman–Crippen MR) is 76.1 cm³/mol. The van der Waals surface area contributed by atoms with Gasteiger partial charge < -0.3 is 15.3 Å². The molecule has 0 saturated heterocycles. The van der Waals surface area contributed by atoms with Crippen LogP contribution in [0.3, 0.4) is 0 Å². The highest BCUT2D eigenvalue weighted by atomic mass is 16.4. The van der Waals surface area contributed by atoms with Gasteiger partial charge in [0.2, 0.25) is 0 Å². The molecule has 0 aliphatic heterocycles. The number of carbonyl (C=O) groups excluding carboxylic acids is 1. The van der Waals surface area contributed by atoms with E-state index in [9.17, 15) is 9.59 Å². The second-order valence-electron chi connectivity index (χ2n) is 5.60. The van der Waals surface area contributed by atoms with E-state index in [0.29, 0.717) is 12.5 Å². The van der Waals surface area contributed by atoms with Crippen molar-refractivity contribution in [2.45, 2.75) is 46.1 Å². The summed E-state index contributed by atoms with van der Waals surface area (Å²) in [5.74, 6) is -0.543. The summed E-state index contributed by atoms with van der Waals surface area (Å²) in [5, 5.41) is 20.2. The number of amides is 2. The molecule has 2 unspecified atom stereocenters. The molecule has 0 aromatic carbocycles. The number of nitrogens with one attached hydrogen (secondary N) is 1. The first-order valence-electron chi connectivity index (χ1n) is 6.87. The fourth-order valence-electron chi connectivity index (χ4n) is 1.98. The maximum Gasteiger partial charge on any atom is 0.317 e. The molecule has 114 valence electrons. The second kappa shape index (κ2) is 9.18. The maximum atomic E-state index is 11.9. The summed E-state index contributed by atoms with van der Waals surface area (Å²) < 4.78 is 0. The highest BCUT2D eigenvalue weighted by Crippen LogP contribution is 2.15. The van der Waals surface area contributed by atoms with Crippen LogP contribution in [0.5, 0.6) is 0 Å². The van der Waals surface area contributed by atoms with Gasteiger partial charge >= 0.3 is 12.0 Å². The summed E-state index contributed by atoms with van der Waals surface area (Å²) in [4.78, 5) is 24.2. The minimum absolute atomic E-state index is 0.0515. The van der Waals surface area contributed by atoms with Gasteiger partial charge in [-0.3, -0.25) is 4.79 Å². The number of nitriles is 1. The first kappa shape index (κ1) is 18.2. The van der Waals surface area contributed by atoms with Gasteiger partial charge in [-0.05, 0) is 25.2 Å². The Morgan fingerprint density at radius 3 is 2.40 bits per heavy atom. The van der Waals surface area contributed by atoms with Crippen LogP contribution in [0, 0.1) is 23.2 Å². The number of carboxylic acid groups (broad SMARTS) is 1. The topological polar surface area (TPSA) is 93.4 Å². The second-order valence-corrected chi connectivity index (χ2v) is 5.60. The Morgan fingerprint density at radius 2 is 1.95 bits per heavy atom. The SMILES string of the molecule is CC(C)CC(CNC(=O)N(C)C(C)CC#N)CC(=O)O. The third kappa shape index (κ3) is 7.62. The van der Waals surface area contributed by atoms with E-state index in [1.54, 1.807) is 14.0 Å². The summed E-state index contributed by atoms with van der Waals surface area (Å²) in [7, 11) is 1.63. The van der Waals surface area contributed by atoms with Crippen molar-refractivity contribution in [3.8, 4) is 6.07 Å². The van der Waals surface area contributed by atoms with Crippen molar-refractivity contribution in [2.75, 3.05) is 13.6 Å². The fourth-order valence-corrected chi connectivity index (χ4v) is 1.98. The van der Waals surface area contributed by atoms with Crippen LogP contribution >= 0.6 is 0 Å². The molecule has 6 nitrogen and oxygen atoms in total. The Hall–Kier alpha value is -1.77. The van der Waals surface area contributed by atoms with Crippen molar-refractivity contribution < 1.29 is 14.7 Å². The van der Waals surface area contributed by atoms with E-state index in [1.165, 1.54) is 4.90 Å². The first-order chi connectivity index (χ1) is 9.27. The Balaban J connectivity index is 4.35. The molecule has 2 amide bonds. The van der Waals surface area contributed by atoms with Crippen molar-refractivity contribution in [1.29, 1.82) is 5.26 Å². The molecule has 0 aromatic heterocycles. The quantitative estimate of drug-likeness (QED) is 0.713. The molecule has 0 aliphatic carbocycles. The molecule has 2 atom stereocenters. The van der Waals surface area contributed by atoms with Gasteiger partial charge in [-0.2, -0.15) is 5.26 Å². The van der Waals surface area contributed by atoms with E-state index in [2.05, 4.69) is 5.32 Å². The molecule has 0 saturated carbocycles. The summed E-state index contributed by atoms with van der Waals surface area (Å²) in [6.45, 7) is 6.19. The number of aliphatic carboxylic acids is 1. The summed E-state index contributed by atoms with van der Waals surface area (Å²) in [6, 6.07) is 1.59. The van der Waals surface area contributed by atoms with Crippen molar-refractivity contribution in [3.05, 3.63) is 0 Å². The normalized spacial score (nSPS) is 13.4. The van der Waals surface area contributed by atoms with Crippen LogP contribution in [0.2, 0.25) is 0 Å². The van der Waals surface area contributed by atoms with Crippen LogP contribution < -0.4 is 5.32 Å². The van der Waals surface area contributed by atoms with E-state index in [0.717, 1.165) is 6.42 Å². The maximum absolute atomic E-state index is 11.9. The van der Waals surface area contributed by atoms with E-state index >= 15 is 0 Å². The molecule has 0 aliphatic rings. The van der Waals surface area contributed by atoms with Crippen LogP contribution in [0.4, 0.5) is 4.79 Å². The standard InChI is InChI=1S/C14H25N3O3/c1-10(2)7-12(8-13(18)19)9-16-14(20)17(4)11(3)5-6-15/h10-12H,5,7-9H2,1-4H3,(H,16,20)(H,18,19). The van der Waals surface area contributed by atoms with Crippen molar-refractivity contribution in [1.82, 2.24) is 10.2 Å². The van der Waals surface area contributed by atoms with E-state index in [1.807, 2.05) is 19.9 Å². The van der Waals surface area contributed by atoms with E-state index in [4.69, 9.17) is 10.4 Å². The summed E-state index contributed by atoms with van der Waals surface area (Å²) in [6.07, 6.45) is 1.08. The van der Waals surface area contributed by atoms with Gasteiger partial charge in [0, 0.05) is 26.1 Å². The van der Waals surface area contributed by atoms with Gasteiger partial charge in [0.25, 0.3) is 0 Å². The van der Waals surface area contributed by atoms with Gasteiger partial charge in [-0.15, -0.1) is 0 Å². The molecule has 20 heavy (non-hydrogen) atoms. The number of rotatable bonds is 8. The third-order valence-electron chi connectivity index (χ3n) is 3.18. The fraction of sp³-hybridized carbons (Fsp3) is 0.786. The Kier molecular flexibility index (Phi) is 8.37. The Morgan fingerprint density at radius 1 is 1.35 bits per heavy atom. The number of nitrogens with zero attached hydrogens (tertiary/aromatic N) is 2. The van der Waals surface area contributed by atoms with Crippen LogP contribution in [-0.2, 0) is 4.79 Å². The van der Waals surface area contributed by atoms with Crippen LogP contribution in [0.25, 0.3) is 0 Å². The van der Waals surface area contributed by atoms with Gasteiger partial charge in [0.05, 0.1) is 12.5 Å². The number of carboxylic acids is 1. The Labute approximate surface area is 120 Å². The van der Waals surface area contributed by atoms with E-state index in [-0.39, 0.29) is 30.8 Å². The van der Waals surface area contributed by atoms with Crippen molar-refractivity contribution >= 4 is 12.0 Å². The molecule has 0 radical (unpaired) electrons. The highest BCUT2D eigenvalue weighted by Gasteiger charge is 2.19. The van der Waals surface area contributed by atoms with E-state index < -0.39 is 5.97 Å². The molecule has 0 spiro atoms. The van der Waals surface area contributed by atoms with Gasteiger partial charge in [-0.25, -0.2) is 4.79 Å². The lowest BCUT2D eigenvalue weighted by Gasteiger charge is -2.25. The molecule has 0 heterocycles. The minimum Gasteiger partial charge on any atom is -0.481 e. The number of hydrogen-bond donors (Lipinski definition) is 2. The molecule has 0 fully saturated rings. The largest absolute Gasteiger partial charge is 0.481 e. The Bertz CT molecular complexity index is 363. The molecule has 2 N–H and O–H groups in total. The molecule has 6 heteroatoms. The monoisotopic (exact) mass is 283 g/mol. The average molecular weight is 283 g/mol. The third-order valence-corrected chi connectivity index (χ3v) is 3.18. The highest BCUT2D eigenvalue weighted by molar-refractivity contribution is 5.74. The minimum atomic E-state index is -0.851. The molecule has 0 aromatic rings. The lowest BCUT2D eigenvalue weighted by atomic mass is 9.94. The van der Waals surface area contributed by atoms with Crippen molar-refractivity contribution in [2.24, 2.45) is 11.8 Å². The molecular formula is C14H25N3O3.